The summed E-state index contributed by atoms with van der Waals surface area (Å²) in [5.74, 6) is -35.7. The molecule has 0 unspecified atom stereocenters. The number of aryl methyl sites for hydroxylation is 1. The summed E-state index contributed by atoms with van der Waals surface area (Å²) in [6.45, 7) is -4.24. The van der Waals surface area contributed by atoms with E-state index in [4.69, 9.17) is 14.2 Å². The highest BCUT2D eigenvalue weighted by molar-refractivity contribution is 5.26. The summed E-state index contributed by atoms with van der Waals surface area (Å²) in [5, 5.41) is 0. The number of benzene rings is 3. The van der Waals surface area contributed by atoms with Crippen LogP contribution in [0.25, 0.3) is 0 Å². The van der Waals surface area contributed by atoms with Crippen LogP contribution in [0.5, 0.6) is 0 Å². The molecule has 0 spiro atoms. The van der Waals surface area contributed by atoms with E-state index in [-0.39, 0.29) is 4.57 Å². The van der Waals surface area contributed by atoms with Gasteiger partial charge in [0.05, 0.1) is 43.6 Å². The highest BCUT2D eigenvalue weighted by atomic mass is 19.2. The van der Waals surface area contributed by atoms with Gasteiger partial charge >= 0.3 is 5.69 Å². The van der Waals surface area contributed by atoms with Crippen LogP contribution < -0.4 is 11.2 Å². The van der Waals surface area contributed by atoms with Crippen LogP contribution in [0.15, 0.2) is 15.8 Å². The maximum Gasteiger partial charge on any atom is 0.333 e. The van der Waals surface area contributed by atoms with Crippen LogP contribution in [-0.2, 0) is 34.0 Å². The zero-order valence-corrected chi connectivity index (χ0v) is 26.0. The van der Waals surface area contributed by atoms with Crippen molar-refractivity contribution >= 4 is 0 Å². The fourth-order valence-electron chi connectivity index (χ4n) is 5.27. The van der Waals surface area contributed by atoms with Gasteiger partial charge in [-0.2, -0.15) is 0 Å². The van der Waals surface area contributed by atoms with Crippen molar-refractivity contribution in [1.82, 2.24) is 9.13 Å². The predicted octanol–water partition coefficient (Wildman–Crippen LogP) is 6.54. The van der Waals surface area contributed by atoms with Crippen LogP contribution in [0.1, 0.15) is 34.9 Å². The Morgan fingerprint density at radius 1 is 0.604 bits per heavy atom. The molecule has 0 radical (unpaired) electrons. The highest BCUT2D eigenvalue weighted by Crippen LogP contribution is 2.33. The average molecular weight is 782 g/mol. The molecule has 1 aromatic heterocycles. The van der Waals surface area contributed by atoms with Crippen molar-refractivity contribution in [3.63, 3.8) is 0 Å². The van der Waals surface area contributed by atoms with Crippen LogP contribution in [0.2, 0.25) is 0 Å². The first-order chi connectivity index (χ1) is 24.8. The predicted molar refractivity (Wildman–Crippen MR) is 144 cm³/mol. The summed E-state index contributed by atoms with van der Waals surface area (Å²) < 4.78 is 226. The SMILES string of the molecule is Cc1cn([C@H]2C[C@H](OCc3c(F)c(F)c(F)c(F)c3F)[C@@H](COCc3c(F)c(F)c(F)c(F)c3F)O2)c(=O)n(Cc2c(F)c(F)c(F)c(F)c2F)c1=O. The third-order valence-electron chi connectivity index (χ3n) is 8.05. The molecule has 5 rings (SSSR count). The lowest BCUT2D eigenvalue weighted by Crippen LogP contribution is -2.42. The van der Waals surface area contributed by atoms with Crippen molar-refractivity contribution in [3.05, 3.63) is 137 Å². The van der Waals surface area contributed by atoms with E-state index in [1.807, 2.05) is 0 Å². The van der Waals surface area contributed by atoms with E-state index in [9.17, 15) is 75.4 Å². The lowest BCUT2D eigenvalue weighted by atomic mass is 10.1. The Labute approximate surface area is 284 Å². The van der Waals surface area contributed by atoms with E-state index >= 15 is 0 Å². The zero-order chi connectivity index (χ0) is 39.4. The molecular formula is C31H17F15N2O5. The van der Waals surface area contributed by atoms with Gasteiger partial charge in [-0.1, -0.05) is 0 Å². The number of halogens is 15. The second-order valence-electron chi connectivity index (χ2n) is 11.3. The highest BCUT2D eigenvalue weighted by Gasteiger charge is 2.40. The first-order valence-electron chi connectivity index (χ1n) is 14.5. The van der Waals surface area contributed by atoms with Gasteiger partial charge in [-0.05, 0) is 6.92 Å². The Hall–Kier alpha value is -4.83. The number of nitrogens with zero attached hydrogens (tertiary/aromatic N) is 2. The fourth-order valence-corrected chi connectivity index (χ4v) is 5.27. The van der Waals surface area contributed by atoms with Gasteiger partial charge in [0.15, 0.2) is 69.8 Å². The lowest BCUT2D eigenvalue weighted by molar-refractivity contribution is -0.0845. The number of rotatable bonds is 10. The van der Waals surface area contributed by atoms with Crippen molar-refractivity contribution in [2.45, 2.75) is 51.5 Å². The Kier molecular flexibility index (Phi) is 11.1. The molecule has 1 aliphatic heterocycles. The normalized spacial score (nSPS) is 17.3. The fraction of sp³-hybridized carbons (Fsp3) is 0.290. The molecule has 2 heterocycles. The molecule has 0 bridgehead atoms. The summed E-state index contributed by atoms with van der Waals surface area (Å²) >= 11 is 0. The minimum atomic E-state index is -2.54. The molecular weight excluding hydrogens is 765 g/mol. The second kappa shape index (κ2) is 14.9. The van der Waals surface area contributed by atoms with Gasteiger partial charge in [0, 0.05) is 23.7 Å². The molecule has 7 nitrogen and oxygen atoms in total. The number of ether oxygens (including phenoxy) is 3. The van der Waals surface area contributed by atoms with Gasteiger partial charge in [0.1, 0.15) is 12.3 Å². The van der Waals surface area contributed by atoms with Crippen LogP contribution in [-0.4, -0.2) is 27.9 Å². The van der Waals surface area contributed by atoms with Crippen molar-refractivity contribution < 1.29 is 80.1 Å². The summed E-state index contributed by atoms with van der Waals surface area (Å²) in [7, 11) is 0. The molecule has 22 heteroatoms. The summed E-state index contributed by atoms with van der Waals surface area (Å²) in [4.78, 5) is 26.2. The van der Waals surface area contributed by atoms with E-state index in [2.05, 4.69) is 0 Å². The Morgan fingerprint density at radius 2 is 1.00 bits per heavy atom. The molecule has 4 aromatic rings. The van der Waals surface area contributed by atoms with E-state index < -0.39 is 172 Å². The standard InChI is InChI=1S/C31H17F15N2O5/c1-8-3-47(31(50)48(30(8)49)4-9-15(32)21(38)27(44)22(39)16(9)33)14-2-12(52-6-11-19(36)25(42)29(46)26(43)20(11)37)13(53-14)7-51-5-10-17(34)23(40)28(45)24(41)18(10)35/h3,12-14H,2,4-7H2,1H3/t12-,13+,14+/m0/s1. The van der Waals surface area contributed by atoms with Crippen molar-refractivity contribution in [3.8, 4) is 0 Å². The van der Waals surface area contributed by atoms with E-state index in [0.717, 1.165) is 13.1 Å². The monoisotopic (exact) mass is 782 g/mol. The van der Waals surface area contributed by atoms with Gasteiger partial charge in [-0.15, -0.1) is 0 Å². The summed E-state index contributed by atoms with van der Waals surface area (Å²) in [5.41, 5.74) is -7.82. The van der Waals surface area contributed by atoms with E-state index in [0.29, 0.717) is 4.57 Å². The number of hydrogen-bond acceptors (Lipinski definition) is 5. The molecule has 53 heavy (non-hydrogen) atoms. The molecule has 1 saturated heterocycles. The zero-order valence-electron chi connectivity index (χ0n) is 26.0. The van der Waals surface area contributed by atoms with E-state index in [1.165, 1.54) is 0 Å². The quantitative estimate of drug-likeness (QED) is 0.104. The van der Waals surface area contributed by atoms with E-state index in [1.54, 1.807) is 0 Å². The average Bonchev–Trinajstić information content (AvgIpc) is 3.54. The largest absolute Gasteiger partial charge is 0.374 e. The molecule has 0 N–H and O–H groups in total. The molecule has 0 aliphatic carbocycles. The van der Waals surface area contributed by atoms with Crippen LogP contribution in [0.4, 0.5) is 65.9 Å². The van der Waals surface area contributed by atoms with Crippen molar-refractivity contribution in [1.29, 1.82) is 0 Å². The first-order valence-corrected chi connectivity index (χ1v) is 14.5. The van der Waals surface area contributed by atoms with Crippen LogP contribution in [0.3, 0.4) is 0 Å². The third-order valence-corrected chi connectivity index (χ3v) is 8.05. The minimum Gasteiger partial charge on any atom is -0.374 e. The minimum absolute atomic E-state index is 0.0364. The lowest BCUT2D eigenvalue weighted by Gasteiger charge is -2.20. The van der Waals surface area contributed by atoms with Crippen LogP contribution in [0, 0.1) is 94.2 Å². The first kappa shape index (κ1) is 39.4. The molecule has 1 aliphatic rings. The number of hydrogen-bond donors (Lipinski definition) is 0. The summed E-state index contributed by atoms with van der Waals surface area (Å²) in [6.07, 6.45) is -4.98. The maximum atomic E-state index is 14.4. The van der Waals surface area contributed by atoms with Gasteiger partial charge in [0.2, 0.25) is 17.5 Å². The molecule has 3 aromatic carbocycles. The molecule has 0 amide bonds. The smallest absolute Gasteiger partial charge is 0.333 e. The number of aromatic nitrogens is 2. The Bertz CT molecular complexity index is 2170. The van der Waals surface area contributed by atoms with Crippen LogP contribution >= 0.6 is 0 Å². The maximum absolute atomic E-state index is 14.4. The summed E-state index contributed by atoms with van der Waals surface area (Å²) in [6, 6.07) is 0. The second-order valence-corrected chi connectivity index (χ2v) is 11.3. The van der Waals surface area contributed by atoms with Gasteiger partial charge in [-0.3, -0.25) is 13.9 Å². The van der Waals surface area contributed by atoms with Gasteiger partial charge < -0.3 is 14.2 Å². The van der Waals surface area contributed by atoms with Gasteiger partial charge in [0.25, 0.3) is 5.56 Å². The topological polar surface area (TPSA) is 71.7 Å². The van der Waals surface area contributed by atoms with Gasteiger partial charge in [-0.25, -0.2) is 70.7 Å². The van der Waals surface area contributed by atoms with Crippen molar-refractivity contribution in [2.75, 3.05) is 6.61 Å². The molecule has 3 atom stereocenters. The molecule has 0 saturated carbocycles. The third kappa shape index (κ3) is 6.89. The Balaban J connectivity index is 1.49. The molecule has 1 fully saturated rings. The Morgan fingerprint density at radius 3 is 1.45 bits per heavy atom. The van der Waals surface area contributed by atoms with Crippen molar-refractivity contribution in [2.24, 2.45) is 0 Å². The molecule has 286 valence electrons.